The molecule has 2 rings (SSSR count). The number of nitrogens with zero attached hydrogens (tertiary/aromatic N) is 1. The molecule has 1 aromatic rings. The molecular formula is C26H39NO4S. The molecular weight excluding hydrogens is 422 g/mol. The van der Waals surface area contributed by atoms with Gasteiger partial charge in [-0.15, -0.1) is 0 Å². The number of thioether (sulfide) groups is 1. The Kier molecular flexibility index (Phi) is 12.5. The Labute approximate surface area is 197 Å². The third kappa shape index (κ3) is 9.78. The van der Waals surface area contributed by atoms with Gasteiger partial charge in [0.1, 0.15) is 0 Å². The molecule has 0 radical (unpaired) electrons. The number of likely N-dealkylation sites (tertiary alicyclic amines) is 1. The molecule has 1 fully saturated rings. The van der Waals surface area contributed by atoms with E-state index < -0.39 is 6.10 Å². The molecule has 0 unspecified atom stereocenters. The summed E-state index contributed by atoms with van der Waals surface area (Å²) in [6.45, 7) is 5.43. The van der Waals surface area contributed by atoms with Crippen LogP contribution in [0.3, 0.4) is 0 Å². The van der Waals surface area contributed by atoms with Gasteiger partial charge >= 0.3 is 5.97 Å². The number of benzene rings is 1. The van der Waals surface area contributed by atoms with E-state index in [9.17, 15) is 14.7 Å². The van der Waals surface area contributed by atoms with Crippen LogP contribution in [0.1, 0.15) is 63.5 Å². The number of aliphatic hydroxyl groups is 1. The molecule has 1 amide bonds. The Hall–Kier alpha value is -1.79. The smallest absolute Gasteiger partial charge is 0.305 e. The van der Waals surface area contributed by atoms with E-state index in [-0.39, 0.29) is 17.9 Å². The van der Waals surface area contributed by atoms with Crippen LogP contribution in [-0.2, 0) is 27.2 Å². The fourth-order valence-corrected chi connectivity index (χ4v) is 4.65. The van der Waals surface area contributed by atoms with Crippen LogP contribution < -0.4 is 0 Å². The van der Waals surface area contributed by atoms with Crippen molar-refractivity contribution in [2.45, 2.75) is 77.4 Å². The van der Waals surface area contributed by atoms with E-state index in [0.29, 0.717) is 32.4 Å². The van der Waals surface area contributed by atoms with Crippen LogP contribution in [-0.4, -0.2) is 58.7 Å². The van der Waals surface area contributed by atoms with Crippen LogP contribution in [0.5, 0.6) is 0 Å². The first-order valence-corrected chi connectivity index (χ1v) is 13.2. The second-order valence-electron chi connectivity index (χ2n) is 8.31. The minimum Gasteiger partial charge on any atom is -0.466 e. The van der Waals surface area contributed by atoms with Gasteiger partial charge in [0.2, 0.25) is 5.91 Å². The van der Waals surface area contributed by atoms with Gasteiger partial charge in [-0.25, -0.2) is 0 Å². The van der Waals surface area contributed by atoms with Crippen LogP contribution in [0.15, 0.2) is 36.4 Å². The molecule has 1 aliphatic heterocycles. The summed E-state index contributed by atoms with van der Waals surface area (Å²) in [6, 6.07) is 8.39. The molecule has 1 saturated heterocycles. The molecule has 0 spiro atoms. The Bertz CT molecular complexity index is 736. The summed E-state index contributed by atoms with van der Waals surface area (Å²) in [4.78, 5) is 25.8. The molecule has 0 saturated carbocycles. The topological polar surface area (TPSA) is 66.8 Å². The van der Waals surface area contributed by atoms with Crippen LogP contribution in [0.25, 0.3) is 0 Å². The van der Waals surface area contributed by atoms with Gasteiger partial charge < -0.3 is 14.7 Å². The van der Waals surface area contributed by atoms with Crippen LogP contribution in [0, 0.1) is 0 Å². The molecule has 5 nitrogen and oxygen atoms in total. The molecule has 2 atom stereocenters. The first-order chi connectivity index (χ1) is 15.5. The molecule has 1 heterocycles. The molecule has 0 aliphatic carbocycles. The average Bonchev–Trinajstić information content (AvgIpc) is 3.14. The van der Waals surface area contributed by atoms with E-state index in [0.717, 1.165) is 49.2 Å². The number of esters is 1. The predicted molar refractivity (Wildman–Crippen MR) is 132 cm³/mol. The van der Waals surface area contributed by atoms with Crippen LogP contribution >= 0.6 is 11.8 Å². The first-order valence-electron chi connectivity index (χ1n) is 12.0. The van der Waals surface area contributed by atoms with Crippen molar-refractivity contribution in [2.24, 2.45) is 0 Å². The van der Waals surface area contributed by atoms with Crippen molar-refractivity contribution in [1.29, 1.82) is 0 Å². The van der Waals surface area contributed by atoms with Gasteiger partial charge in [0.15, 0.2) is 0 Å². The van der Waals surface area contributed by atoms with Gasteiger partial charge in [0, 0.05) is 31.6 Å². The third-order valence-corrected chi connectivity index (χ3v) is 6.73. The van der Waals surface area contributed by atoms with E-state index in [1.165, 1.54) is 5.56 Å². The number of amides is 1. The number of ether oxygens (including phenoxy) is 1. The molecule has 32 heavy (non-hydrogen) atoms. The molecule has 1 aromatic carbocycles. The normalized spacial score (nSPS) is 17.3. The standard InChI is InChI=1S/C26H39NO4S/c1-3-5-16-31-26(30)10-7-17-32-18-15-27-23(12-14-25(27)29)11-13-24(28)20-22-9-6-8-21(4-2)19-22/h6,8-9,11,13,19,23-24,28H,3-5,7,10,12,14-18,20H2,1-2H3/b13-11+/t23-,24+/m0/s1. The lowest BCUT2D eigenvalue weighted by Crippen LogP contribution is -2.34. The van der Waals surface area contributed by atoms with Gasteiger partial charge in [-0.2, -0.15) is 11.8 Å². The number of rotatable bonds is 15. The third-order valence-electron chi connectivity index (χ3n) is 5.68. The Morgan fingerprint density at radius 1 is 1.28 bits per heavy atom. The summed E-state index contributed by atoms with van der Waals surface area (Å²) in [5.74, 6) is 1.82. The number of hydrogen-bond donors (Lipinski definition) is 1. The SMILES string of the molecule is CCCCOC(=O)CCCSCCN1C(=O)CC[C@@H]1/C=C/[C@@H](O)Cc1cccc(CC)c1. The van der Waals surface area contributed by atoms with E-state index >= 15 is 0 Å². The molecule has 6 heteroatoms. The van der Waals surface area contributed by atoms with Gasteiger partial charge in [-0.05, 0) is 42.6 Å². The van der Waals surface area contributed by atoms with Gasteiger partial charge in [-0.1, -0.05) is 56.7 Å². The maximum atomic E-state index is 12.3. The monoisotopic (exact) mass is 461 g/mol. The number of hydrogen-bond acceptors (Lipinski definition) is 5. The summed E-state index contributed by atoms with van der Waals surface area (Å²) in [7, 11) is 0. The minimum absolute atomic E-state index is 0.0632. The molecule has 1 aliphatic rings. The zero-order valence-corrected chi connectivity index (χ0v) is 20.4. The van der Waals surface area contributed by atoms with Crippen LogP contribution in [0.4, 0.5) is 0 Å². The van der Waals surface area contributed by atoms with E-state index in [4.69, 9.17) is 4.74 Å². The van der Waals surface area contributed by atoms with Crippen molar-refractivity contribution in [1.82, 2.24) is 4.90 Å². The quantitative estimate of drug-likeness (QED) is 0.236. The fourth-order valence-electron chi connectivity index (χ4n) is 3.78. The second-order valence-corrected chi connectivity index (χ2v) is 9.54. The number of aryl methyl sites for hydroxylation is 1. The van der Waals surface area contributed by atoms with E-state index in [2.05, 4.69) is 26.0 Å². The van der Waals surface area contributed by atoms with Crippen molar-refractivity contribution in [3.8, 4) is 0 Å². The Balaban J connectivity index is 1.68. The fraction of sp³-hybridized carbons (Fsp3) is 0.615. The number of unbranched alkanes of at least 4 members (excludes halogenated alkanes) is 1. The Morgan fingerprint density at radius 2 is 2.09 bits per heavy atom. The summed E-state index contributed by atoms with van der Waals surface area (Å²) in [5, 5.41) is 10.4. The van der Waals surface area contributed by atoms with Gasteiger partial charge in [-0.3, -0.25) is 9.59 Å². The zero-order chi connectivity index (χ0) is 23.2. The lowest BCUT2D eigenvalue weighted by atomic mass is 10.0. The molecule has 178 valence electrons. The second kappa shape index (κ2) is 15.1. The maximum absolute atomic E-state index is 12.3. The van der Waals surface area contributed by atoms with Crippen LogP contribution in [0.2, 0.25) is 0 Å². The minimum atomic E-state index is -0.550. The maximum Gasteiger partial charge on any atom is 0.305 e. The Morgan fingerprint density at radius 3 is 2.88 bits per heavy atom. The molecule has 1 N–H and O–H groups in total. The number of aliphatic hydroxyl groups excluding tert-OH is 1. The summed E-state index contributed by atoms with van der Waals surface area (Å²) < 4.78 is 5.16. The predicted octanol–water partition coefficient (Wildman–Crippen LogP) is 4.56. The average molecular weight is 462 g/mol. The lowest BCUT2D eigenvalue weighted by molar-refractivity contribution is -0.143. The largest absolute Gasteiger partial charge is 0.466 e. The van der Waals surface area contributed by atoms with Crippen molar-refractivity contribution < 1.29 is 19.4 Å². The highest BCUT2D eigenvalue weighted by molar-refractivity contribution is 7.99. The van der Waals surface area contributed by atoms with Gasteiger partial charge in [0.25, 0.3) is 0 Å². The molecule has 0 aromatic heterocycles. The van der Waals surface area contributed by atoms with Gasteiger partial charge in [0.05, 0.1) is 18.8 Å². The number of carbonyl (C=O) groups is 2. The molecule has 0 bridgehead atoms. The lowest BCUT2D eigenvalue weighted by Gasteiger charge is -2.22. The highest BCUT2D eigenvalue weighted by atomic mass is 32.2. The highest BCUT2D eigenvalue weighted by Gasteiger charge is 2.28. The summed E-state index contributed by atoms with van der Waals surface area (Å²) in [6.07, 6.45) is 9.45. The van der Waals surface area contributed by atoms with E-state index in [1.807, 2.05) is 29.2 Å². The zero-order valence-electron chi connectivity index (χ0n) is 19.6. The van der Waals surface area contributed by atoms with E-state index in [1.54, 1.807) is 11.8 Å². The summed E-state index contributed by atoms with van der Waals surface area (Å²) in [5.41, 5.74) is 2.41. The van der Waals surface area contributed by atoms with Crippen molar-refractivity contribution in [2.75, 3.05) is 24.7 Å². The van der Waals surface area contributed by atoms with Crippen molar-refractivity contribution >= 4 is 23.6 Å². The highest BCUT2D eigenvalue weighted by Crippen LogP contribution is 2.21. The summed E-state index contributed by atoms with van der Waals surface area (Å²) >= 11 is 1.77. The first kappa shape index (κ1) is 26.5. The number of carbonyl (C=O) groups excluding carboxylic acids is 2. The van der Waals surface area contributed by atoms with Crippen molar-refractivity contribution in [3.63, 3.8) is 0 Å². The van der Waals surface area contributed by atoms with Crippen molar-refractivity contribution in [3.05, 3.63) is 47.5 Å².